The molecule has 4 heteroatoms. The summed E-state index contributed by atoms with van der Waals surface area (Å²) in [7, 11) is 0. The fraction of sp³-hybridized carbons (Fsp3) is 0.0833. The van der Waals surface area contributed by atoms with E-state index in [-0.39, 0.29) is 0 Å². The van der Waals surface area contributed by atoms with Crippen molar-refractivity contribution in [3.05, 3.63) is 41.0 Å². The first kappa shape index (κ1) is 11.5. The highest BCUT2D eigenvalue weighted by molar-refractivity contribution is 9.10. The molecule has 1 heterocycles. The van der Waals surface area contributed by atoms with Gasteiger partial charge in [0.1, 0.15) is 5.82 Å². The molecule has 0 unspecified atom stereocenters. The van der Waals surface area contributed by atoms with Gasteiger partial charge >= 0.3 is 0 Å². The summed E-state index contributed by atoms with van der Waals surface area (Å²) in [5.41, 5.74) is 8.00. The Kier molecular flexibility index (Phi) is 3.51. The van der Waals surface area contributed by atoms with E-state index in [2.05, 4.69) is 39.3 Å². The van der Waals surface area contributed by atoms with E-state index in [4.69, 9.17) is 5.73 Å². The lowest BCUT2D eigenvalue weighted by atomic mass is 10.1. The summed E-state index contributed by atoms with van der Waals surface area (Å²) >= 11 is 5.12. The van der Waals surface area contributed by atoms with Crippen molar-refractivity contribution < 1.29 is 0 Å². The quantitative estimate of drug-likeness (QED) is 0.856. The Morgan fingerprint density at radius 2 is 2.00 bits per heavy atom. The Morgan fingerprint density at radius 3 is 2.75 bits per heavy atom. The number of thioether (sulfide) groups is 1. The molecule has 2 aromatic rings. The Balaban J connectivity index is 2.62. The maximum atomic E-state index is 5.90. The van der Waals surface area contributed by atoms with Gasteiger partial charge in [0, 0.05) is 21.1 Å². The second kappa shape index (κ2) is 4.89. The third kappa shape index (κ3) is 2.23. The lowest BCUT2D eigenvalue weighted by Gasteiger charge is -2.09. The van der Waals surface area contributed by atoms with Crippen LogP contribution in [0.2, 0.25) is 0 Å². The van der Waals surface area contributed by atoms with E-state index >= 15 is 0 Å². The third-order valence-electron chi connectivity index (χ3n) is 2.28. The predicted molar refractivity (Wildman–Crippen MR) is 73.6 cm³/mol. The second-order valence-electron chi connectivity index (χ2n) is 3.29. The fourth-order valence-electron chi connectivity index (χ4n) is 1.53. The molecule has 1 aromatic carbocycles. The molecule has 0 saturated heterocycles. The normalized spacial score (nSPS) is 10.4. The van der Waals surface area contributed by atoms with Crippen LogP contribution >= 0.6 is 27.7 Å². The highest BCUT2D eigenvalue weighted by Gasteiger charge is 2.08. The van der Waals surface area contributed by atoms with E-state index in [0.717, 1.165) is 15.6 Å². The van der Waals surface area contributed by atoms with Gasteiger partial charge in [0.05, 0.1) is 0 Å². The molecular formula is C12H11BrN2S. The molecule has 0 spiro atoms. The number of halogens is 1. The molecule has 0 atom stereocenters. The summed E-state index contributed by atoms with van der Waals surface area (Å²) in [6.07, 6.45) is 3.76. The molecule has 0 aliphatic carbocycles. The molecule has 16 heavy (non-hydrogen) atoms. The highest BCUT2D eigenvalue weighted by atomic mass is 79.9. The van der Waals surface area contributed by atoms with Gasteiger partial charge in [-0.05, 0) is 39.9 Å². The van der Waals surface area contributed by atoms with Crippen LogP contribution < -0.4 is 5.73 Å². The molecule has 0 bridgehead atoms. The van der Waals surface area contributed by atoms with Crippen molar-refractivity contribution in [3.8, 4) is 11.1 Å². The SMILES string of the molecule is CSc1ccccc1-c1cc(Br)cnc1N. The number of benzene rings is 1. The van der Waals surface area contributed by atoms with Crippen LogP contribution in [-0.2, 0) is 0 Å². The number of anilines is 1. The van der Waals surface area contributed by atoms with Crippen LogP contribution in [0.1, 0.15) is 0 Å². The van der Waals surface area contributed by atoms with Crippen molar-refractivity contribution in [1.82, 2.24) is 4.98 Å². The van der Waals surface area contributed by atoms with Gasteiger partial charge < -0.3 is 5.73 Å². The summed E-state index contributed by atoms with van der Waals surface area (Å²) in [4.78, 5) is 5.35. The van der Waals surface area contributed by atoms with E-state index in [1.54, 1.807) is 18.0 Å². The largest absolute Gasteiger partial charge is 0.383 e. The second-order valence-corrected chi connectivity index (χ2v) is 5.05. The van der Waals surface area contributed by atoms with Gasteiger partial charge in [0.15, 0.2) is 0 Å². The van der Waals surface area contributed by atoms with Crippen molar-refractivity contribution in [1.29, 1.82) is 0 Å². The van der Waals surface area contributed by atoms with Crippen LogP contribution in [-0.4, -0.2) is 11.2 Å². The summed E-state index contributed by atoms with van der Waals surface area (Å²) in [5.74, 6) is 0.560. The average molecular weight is 295 g/mol. The first-order valence-electron chi connectivity index (χ1n) is 4.77. The Morgan fingerprint density at radius 1 is 1.25 bits per heavy atom. The number of hydrogen-bond acceptors (Lipinski definition) is 3. The predicted octanol–water partition coefficient (Wildman–Crippen LogP) is 3.82. The molecule has 0 saturated carbocycles. The van der Waals surface area contributed by atoms with E-state index in [1.807, 2.05) is 18.2 Å². The van der Waals surface area contributed by atoms with E-state index < -0.39 is 0 Å². The van der Waals surface area contributed by atoms with Crippen LogP contribution in [0.4, 0.5) is 5.82 Å². The zero-order valence-corrected chi connectivity index (χ0v) is 11.2. The molecule has 0 aliphatic heterocycles. The van der Waals surface area contributed by atoms with E-state index in [1.165, 1.54) is 4.90 Å². The summed E-state index contributed by atoms with van der Waals surface area (Å²) in [6.45, 7) is 0. The monoisotopic (exact) mass is 294 g/mol. The first-order chi connectivity index (χ1) is 7.72. The van der Waals surface area contributed by atoms with E-state index in [0.29, 0.717) is 5.82 Å². The first-order valence-corrected chi connectivity index (χ1v) is 6.78. The van der Waals surface area contributed by atoms with Crippen molar-refractivity contribution in [3.63, 3.8) is 0 Å². The van der Waals surface area contributed by atoms with Crippen LogP contribution in [0.15, 0.2) is 45.9 Å². The Bertz CT molecular complexity index is 514. The molecular weight excluding hydrogens is 284 g/mol. The maximum absolute atomic E-state index is 5.90. The lowest BCUT2D eigenvalue weighted by Crippen LogP contribution is -1.94. The molecule has 1 aromatic heterocycles. The number of hydrogen-bond donors (Lipinski definition) is 1. The highest BCUT2D eigenvalue weighted by Crippen LogP contribution is 2.33. The van der Waals surface area contributed by atoms with Gasteiger partial charge in [-0.2, -0.15) is 0 Å². The topological polar surface area (TPSA) is 38.9 Å². The smallest absolute Gasteiger partial charge is 0.131 e. The van der Waals surface area contributed by atoms with Crippen molar-refractivity contribution >= 4 is 33.5 Å². The van der Waals surface area contributed by atoms with Gasteiger partial charge in [0.2, 0.25) is 0 Å². The van der Waals surface area contributed by atoms with Crippen LogP contribution in [0, 0.1) is 0 Å². The third-order valence-corrected chi connectivity index (χ3v) is 3.51. The number of pyridine rings is 1. The fourth-order valence-corrected chi connectivity index (χ4v) is 2.48. The van der Waals surface area contributed by atoms with Crippen LogP contribution in [0.25, 0.3) is 11.1 Å². The minimum Gasteiger partial charge on any atom is -0.383 e. The molecule has 0 amide bonds. The minimum atomic E-state index is 0.560. The average Bonchev–Trinajstić information content (AvgIpc) is 2.32. The van der Waals surface area contributed by atoms with Crippen molar-refractivity contribution in [2.24, 2.45) is 0 Å². The number of nitrogens with two attached hydrogens (primary N) is 1. The lowest BCUT2D eigenvalue weighted by molar-refractivity contribution is 1.30. The molecule has 2 rings (SSSR count). The van der Waals surface area contributed by atoms with Gasteiger partial charge in [-0.3, -0.25) is 0 Å². The molecule has 82 valence electrons. The van der Waals surface area contributed by atoms with E-state index in [9.17, 15) is 0 Å². The molecule has 0 aliphatic rings. The number of nitrogens with zero attached hydrogens (tertiary/aromatic N) is 1. The zero-order chi connectivity index (χ0) is 11.5. The number of aromatic nitrogens is 1. The number of nitrogen functional groups attached to an aromatic ring is 1. The Hall–Kier alpha value is -1.00. The summed E-state index contributed by atoms with van der Waals surface area (Å²) in [6, 6.07) is 10.2. The number of rotatable bonds is 2. The van der Waals surface area contributed by atoms with Gasteiger partial charge in [-0.25, -0.2) is 4.98 Å². The van der Waals surface area contributed by atoms with Gasteiger partial charge in [-0.15, -0.1) is 11.8 Å². The Labute approximate surface area is 107 Å². The minimum absolute atomic E-state index is 0.560. The van der Waals surface area contributed by atoms with Gasteiger partial charge in [0.25, 0.3) is 0 Å². The molecule has 0 radical (unpaired) electrons. The molecule has 2 N–H and O–H groups in total. The summed E-state index contributed by atoms with van der Waals surface area (Å²) < 4.78 is 0.938. The van der Waals surface area contributed by atoms with Crippen LogP contribution in [0.5, 0.6) is 0 Å². The van der Waals surface area contributed by atoms with Crippen LogP contribution in [0.3, 0.4) is 0 Å². The van der Waals surface area contributed by atoms with Gasteiger partial charge in [-0.1, -0.05) is 18.2 Å². The molecule has 0 fully saturated rings. The zero-order valence-electron chi connectivity index (χ0n) is 8.77. The maximum Gasteiger partial charge on any atom is 0.131 e. The van der Waals surface area contributed by atoms with Crippen molar-refractivity contribution in [2.45, 2.75) is 4.90 Å². The summed E-state index contributed by atoms with van der Waals surface area (Å²) in [5, 5.41) is 0. The van der Waals surface area contributed by atoms with Crippen molar-refractivity contribution in [2.75, 3.05) is 12.0 Å². The molecule has 2 nitrogen and oxygen atoms in total. The standard InChI is InChI=1S/C12H11BrN2S/c1-16-11-5-3-2-4-9(11)10-6-8(13)7-15-12(10)14/h2-7H,1H3,(H2,14,15).